The van der Waals surface area contributed by atoms with Crippen LogP contribution in [0.1, 0.15) is 12.0 Å². The molecule has 0 radical (unpaired) electrons. The lowest BCUT2D eigenvalue weighted by Gasteiger charge is -2.31. The first-order chi connectivity index (χ1) is 8.79. The molecule has 0 aromatic heterocycles. The zero-order valence-electron chi connectivity index (χ0n) is 10.3. The normalized spacial score (nSPS) is 18.5. The fourth-order valence-electron chi connectivity index (χ4n) is 2.21. The number of ether oxygens (including phenoxy) is 1. The summed E-state index contributed by atoms with van der Waals surface area (Å²) in [5.74, 6) is -0.223. The minimum Gasteiger partial charge on any atom is -0.379 e. The fourth-order valence-corrected chi connectivity index (χ4v) is 2.21. The maximum atomic E-state index is 12.8. The van der Waals surface area contributed by atoms with Crippen LogP contribution in [0.3, 0.4) is 0 Å². The van der Waals surface area contributed by atoms with Crippen LogP contribution < -0.4 is 0 Å². The van der Waals surface area contributed by atoms with Gasteiger partial charge in [-0.3, -0.25) is 4.90 Å². The van der Waals surface area contributed by atoms with Gasteiger partial charge in [-0.15, -0.1) is 0 Å². The van der Waals surface area contributed by atoms with E-state index in [-0.39, 0.29) is 11.9 Å². The highest BCUT2D eigenvalue weighted by Gasteiger charge is 2.19. The van der Waals surface area contributed by atoms with Crippen molar-refractivity contribution >= 4 is 6.29 Å². The molecule has 1 heterocycles. The van der Waals surface area contributed by atoms with E-state index in [1.54, 1.807) is 12.1 Å². The van der Waals surface area contributed by atoms with Gasteiger partial charge in [0.2, 0.25) is 0 Å². The second kappa shape index (κ2) is 6.61. The Kier molecular flexibility index (Phi) is 4.84. The maximum Gasteiger partial charge on any atom is 0.137 e. The molecule has 1 aromatic carbocycles. The first-order valence-electron chi connectivity index (χ1n) is 6.31. The van der Waals surface area contributed by atoms with Gasteiger partial charge in [0.15, 0.2) is 0 Å². The smallest absolute Gasteiger partial charge is 0.137 e. The van der Waals surface area contributed by atoms with E-state index in [9.17, 15) is 9.18 Å². The molecule has 0 bridgehead atoms. The highest BCUT2D eigenvalue weighted by Crippen LogP contribution is 2.11. The summed E-state index contributed by atoms with van der Waals surface area (Å²) in [5, 5.41) is 0. The molecule has 1 aromatic rings. The van der Waals surface area contributed by atoms with Gasteiger partial charge < -0.3 is 9.53 Å². The van der Waals surface area contributed by atoms with E-state index >= 15 is 0 Å². The first-order valence-corrected chi connectivity index (χ1v) is 6.31. The van der Waals surface area contributed by atoms with Crippen LogP contribution in [0.5, 0.6) is 0 Å². The van der Waals surface area contributed by atoms with Crippen LogP contribution in [-0.2, 0) is 16.0 Å². The van der Waals surface area contributed by atoms with Crippen LogP contribution in [0.4, 0.5) is 4.39 Å². The third-order valence-electron chi connectivity index (χ3n) is 3.31. The lowest BCUT2D eigenvalue weighted by atomic mass is 10.0. The summed E-state index contributed by atoms with van der Waals surface area (Å²) >= 11 is 0. The molecule has 0 N–H and O–H groups in total. The summed E-state index contributed by atoms with van der Waals surface area (Å²) in [7, 11) is 0. The molecule has 1 unspecified atom stereocenters. The quantitative estimate of drug-likeness (QED) is 0.745. The Labute approximate surface area is 107 Å². The number of hydrogen-bond acceptors (Lipinski definition) is 3. The van der Waals surface area contributed by atoms with E-state index in [1.165, 1.54) is 12.1 Å². The van der Waals surface area contributed by atoms with Crippen LogP contribution in [0.15, 0.2) is 24.3 Å². The highest BCUT2D eigenvalue weighted by molar-refractivity contribution is 5.57. The van der Waals surface area contributed by atoms with Gasteiger partial charge in [-0.05, 0) is 30.5 Å². The Morgan fingerprint density at radius 3 is 2.56 bits per heavy atom. The van der Waals surface area contributed by atoms with Gasteiger partial charge in [0.05, 0.1) is 19.3 Å². The number of hydrogen-bond donors (Lipinski definition) is 0. The number of benzene rings is 1. The van der Waals surface area contributed by atoms with Crippen LogP contribution >= 0.6 is 0 Å². The van der Waals surface area contributed by atoms with Crippen molar-refractivity contribution < 1.29 is 13.9 Å². The van der Waals surface area contributed by atoms with Gasteiger partial charge >= 0.3 is 0 Å². The van der Waals surface area contributed by atoms with Crippen molar-refractivity contribution in [1.82, 2.24) is 4.90 Å². The minimum absolute atomic E-state index is 0.0565. The van der Waals surface area contributed by atoms with Gasteiger partial charge in [0.1, 0.15) is 12.1 Å². The Bertz CT molecular complexity index is 374. The van der Waals surface area contributed by atoms with Gasteiger partial charge in [0.25, 0.3) is 0 Å². The maximum absolute atomic E-state index is 12.8. The van der Waals surface area contributed by atoms with Crippen molar-refractivity contribution in [2.45, 2.75) is 18.9 Å². The standard InChI is InChI=1S/C14H18FNO2/c15-13-4-1-12(2-5-13)3-6-14(11-17)16-7-9-18-10-8-16/h1-2,4-5,11,14H,3,6-10H2. The van der Waals surface area contributed by atoms with Gasteiger partial charge in [0, 0.05) is 13.1 Å². The molecule has 1 fully saturated rings. The number of morpholine rings is 1. The van der Waals surface area contributed by atoms with Crippen LogP contribution in [0.25, 0.3) is 0 Å². The molecule has 0 aliphatic carbocycles. The average Bonchev–Trinajstić information content (AvgIpc) is 2.43. The Balaban J connectivity index is 1.86. The SMILES string of the molecule is O=CC(CCc1ccc(F)cc1)N1CCOCC1. The van der Waals surface area contributed by atoms with E-state index in [2.05, 4.69) is 4.90 Å². The number of aldehydes is 1. The summed E-state index contributed by atoms with van der Waals surface area (Å²) in [5.41, 5.74) is 1.07. The predicted molar refractivity (Wildman–Crippen MR) is 67.0 cm³/mol. The van der Waals surface area contributed by atoms with E-state index < -0.39 is 0 Å². The Morgan fingerprint density at radius 2 is 1.94 bits per heavy atom. The molecule has 18 heavy (non-hydrogen) atoms. The van der Waals surface area contributed by atoms with Crippen LogP contribution in [0, 0.1) is 5.82 Å². The molecule has 1 saturated heterocycles. The predicted octanol–water partition coefficient (Wildman–Crippen LogP) is 1.66. The number of carbonyl (C=O) groups is 1. The molecular formula is C14H18FNO2. The van der Waals surface area contributed by atoms with Gasteiger partial charge in [-0.2, -0.15) is 0 Å². The van der Waals surface area contributed by atoms with Crippen molar-refractivity contribution in [2.75, 3.05) is 26.3 Å². The molecule has 0 amide bonds. The van der Waals surface area contributed by atoms with Crippen LogP contribution in [0.2, 0.25) is 0 Å². The summed E-state index contributed by atoms with van der Waals surface area (Å²) < 4.78 is 18.0. The number of nitrogens with zero attached hydrogens (tertiary/aromatic N) is 1. The number of carbonyl (C=O) groups excluding carboxylic acids is 1. The fraction of sp³-hybridized carbons (Fsp3) is 0.500. The van der Waals surface area contributed by atoms with Crippen molar-refractivity contribution in [3.63, 3.8) is 0 Å². The van der Waals surface area contributed by atoms with Crippen molar-refractivity contribution in [1.29, 1.82) is 0 Å². The van der Waals surface area contributed by atoms with E-state index in [0.717, 1.165) is 37.8 Å². The Morgan fingerprint density at radius 1 is 1.28 bits per heavy atom. The lowest BCUT2D eigenvalue weighted by molar-refractivity contribution is -0.114. The molecule has 2 rings (SSSR count). The third kappa shape index (κ3) is 3.62. The lowest BCUT2D eigenvalue weighted by Crippen LogP contribution is -2.44. The van der Waals surface area contributed by atoms with Crippen LogP contribution in [-0.4, -0.2) is 43.5 Å². The molecule has 1 aliphatic heterocycles. The molecule has 98 valence electrons. The molecule has 1 aliphatic rings. The topological polar surface area (TPSA) is 29.5 Å². The van der Waals surface area contributed by atoms with E-state index in [0.29, 0.717) is 13.2 Å². The third-order valence-corrected chi connectivity index (χ3v) is 3.31. The van der Waals surface area contributed by atoms with Crippen molar-refractivity contribution in [3.8, 4) is 0 Å². The summed E-state index contributed by atoms with van der Waals surface area (Å²) in [4.78, 5) is 13.3. The van der Waals surface area contributed by atoms with Gasteiger partial charge in [-0.25, -0.2) is 4.39 Å². The number of rotatable bonds is 5. The zero-order valence-corrected chi connectivity index (χ0v) is 10.3. The summed E-state index contributed by atoms with van der Waals surface area (Å²) in [6.45, 7) is 3.02. The highest BCUT2D eigenvalue weighted by atomic mass is 19.1. The molecule has 0 spiro atoms. The minimum atomic E-state index is -0.223. The summed E-state index contributed by atoms with van der Waals surface area (Å²) in [6, 6.07) is 6.41. The molecule has 1 atom stereocenters. The second-order valence-electron chi connectivity index (χ2n) is 4.52. The van der Waals surface area contributed by atoms with E-state index in [1.807, 2.05) is 0 Å². The summed E-state index contributed by atoms with van der Waals surface area (Å²) in [6.07, 6.45) is 2.57. The largest absolute Gasteiger partial charge is 0.379 e. The second-order valence-corrected chi connectivity index (χ2v) is 4.52. The van der Waals surface area contributed by atoms with Crippen molar-refractivity contribution in [2.24, 2.45) is 0 Å². The zero-order chi connectivity index (χ0) is 12.8. The first kappa shape index (κ1) is 13.2. The molecule has 3 nitrogen and oxygen atoms in total. The van der Waals surface area contributed by atoms with Crippen molar-refractivity contribution in [3.05, 3.63) is 35.6 Å². The van der Waals surface area contributed by atoms with Gasteiger partial charge in [-0.1, -0.05) is 12.1 Å². The molecule has 0 saturated carbocycles. The number of aryl methyl sites for hydroxylation is 1. The average molecular weight is 251 g/mol. The Hall–Kier alpha value is -1.26. The molecular weight excluding hydrogens is 233 g/mol. The van der Waals surface area contributed by atoms with E-state index in [4.69, 9.17) is 4.74 Å². The number of halogens is 1. The monoisotopic (exact) mass is 251 g/mol. The molecule has 4 heteroatoms.